The van der Waals surface area contributed by atoms with Gasteiger partial charge in [-0.25, -0.2) is 0 Å². The molecular weight excluding hydrogens is 288 g/mol. The highest BCUT2D eigenvalue weighted by Gasteiger charge is 2.23. The number of nitrogens with one attached hydrogen (secondary N) is 1. The average Bonchev–Trinajstić information content (AvgIpc) is 2.53. The van der Waals surface area contributed by atoms with Crippen LogP contribution in [0.1, 0.15) is 52.5 Å². The van der Waals surface area contributed by atoms with Gasteiger partial charge < -0.3 is 9.88 Å². The Balaban J connectivity index is 1.84. The Hall–Kier alpha value is -2.36. The van der Waals surface area contributed by atoms with E-state index in [0.29, 0.717) is 30.3 Å². The molecule has 0 radical (unpaired) electrons. The number of H-pyrrole nitrogens is 1. The number of carbonyl (C=O) groups is 1. The number of fused-ring (bicyclic) bond motifs is 1. The van der Waals surface area contributed by atoms with Crippen LogP contribution in [0.5, 0.6) is 0 Å². The van der Waals surface area contributed by atoms with Crippen LogP contribution in [0.25, 0.3) is 0 Å². The lowest BCUT2D eigenvalue weighted by Gasteiger charge is -2.30. The lowest BCUT2D eigenvalue weighted by atomic mass is 9.93. The molecule has 4 heteroatoms. The summed E-state index contributed by atoms with van der Waals surface area (Å²) in [7, 11) is 0. The van der Waals surface area contributed by atoms with Crippen LogP contribution in [0.15, 0.2) is 35.1 Å². The van der Waals surface area contributed by atoms with Gasteiger partial charge in [0, 0.05) is 24.8 Å². The smallest absolute Gasteiger partial charge is 0.255 e. The van der Waals surface area contributed by atoms with Gasteiger partial charge in [-0.1, -0.05) is 32.0 Å². The Morgan fingerprint density at radius 3 is 2.65 bits per heavy atom. The van der Waals surface area contributed by atoms with E-state index in [0.717, 1.165) is 6.42 Å². The summed E-state index contributed by atoms with van der Waals surface area (Å²) in [5.74, 6) is 0.501. The molecule has 0 bridgehead atoms. The first-order chi connectivity index (χ1) is 11.0. The van der Waals surface area contributed by atoms with E-state index in [1.807, 2.05) is 4.90 Å². The molecule has 0 spiro atoms. The highest BCUT2D eigenvalue weighted by molar-refractivity contribution is 5.95. The zero-order valence-electron chi connectivity index (χ0n) is 13.8. The number of aromatic nitrogens is 1. The number of amides is 1. The Morgan fingerprint density at radius 1 is 1.17 bits per heavy atom. The van der Waals surface area contributed by atoms with Gasteiger partial charge in [-0.05, 0) is 42.0 Å². The first-order valence-electron chi connectivity index (χ1n) is 8.06. The fourth-order valence-electron chi connectivity index (χ4n) is 3.09. The van der Waals surface area contributed by atoms with Crippen LogP contribution in [-0.2, 0) is 13.0 Å². The molecule has 3 rings (SSSR count). The number of carbonyl (C=O) groups excluding carboxylic acids is 1. The minimum absolute atomic E-state index is 0.0164. The van der Waals surface area contributed by atoms with Crippen molar-refractivity contribution in [3.8, 4) is 0 Å². The number of pyridine rings is 1. The standard InChI is InChI=1S/C19H22N2O2/c1-12(2)14-4-5-16-11-21(9-8-15(16)10-14)19(23)17-6-7-18(22)20-13(17)3/h4-7,10,12H,8-9,11H2,1-3H3,(H,20,22). The maximum absolute atomic E-state index is 12.7. The molecule has 1 N–H and O–H groups in total. The molecule has 1 amide bonds. The molecule has 0 unspecified atom stereocenters. The van der Waals surface area contributed by atoms with Gasteiger partial charge in [0.05, 0.1) is 5.56 Å². The van der Waals surface area contributed by atoms with Gasteiger partial charge in [0.1, 0.15) is 0 Å². The third-order valence-electron chi connectivity index (χ3n) is 4.54. The molecule has 2 heterocycles. The molecular formula is C19H22N2O2. The summed E-state index contributed by atoms with van der Waals surface area (Å²) < 4.78 is 0. The lowest BCUT2D eigenvalue weighted by molar-refractivity contribution is 0.0733. The summed E-state index contributed by atoms with van der Waals surface area (Å²) >= 11 is 0. The predicted octanol–water partition coefficient (Wildman–Crippen LogP) is 3.01. The monoisotopic (exact) mass is 310 g/mol. The highest BCUT2D eigenvalue weighted by atomic mass is 16.2. The van der Waals surface area contributed by atoms with Crippen LogP contribution >= 0.6 is 0 Å². The SMILES string of the molecule is Cc1[nH]c(=O)ccc1C(=O)N1CCc2cc(C(C)C)ccc2C1. The summed E-state index contributed by atoms with van der Waals surface area (Å²) in [6.07, 6.45) is 0.879. The van der Waals surface area contributed by atoms with Crippen LogP contribution in [0.4, 0.5) is 0 Å². The molecule has 23 heavy (non-hydrogen) atoms. The number of aryl methyl sites for hydroxylation is 1. The number of hydrogen-bond donors (Lipinski definition) is 1. The maximum Gasteiger partial charge on any atom is 0.255 e. The van der Waals surface area contributed by atoms with E-state index in [1.165, 1.54) is 22.8 Å². The minimum Gasteiger partial charge on any atom is -0.334 e. The number of hydrogen-bond acceptors (Lipinski definition) is 2. The molecule has 0 atom stereocenters. The number of aromatic amines is 1. The van der Waals surface area contributed by atoms with E-state index in [9.17, 15) is 9.59 Å². The molecule has 0 saturated heterocycles. The second-order valence-corrected chi connectivity index (χ2v) is 6.52. The maximum atomic E-state index is 12.7. The van der Waals surface area contributed by atoms with Gasteiger partial charge in [0.2, 0.25) is 5.56 Å². The van der Waals surface area contributed by atoms with Crippen molar-refractivity contribution in [2.75, 3.05) is 6.54 Å². The molecule has 1 aliphatic rings. The number of benzene rings is 1. The Kier molecular flexibility index (Phi) is 4.07. The minimum atomic E-state index is -0.177. The largest absolute Gasteiger partial charge is 0.334 e. The van der Waals surface area contributed by atoms with Crippen LogP contribution in [0, 0.1) is 6.92 Å². The van der Waals surface area contributed by atoms with E-state index in [1.54, 1.807) is 13.0 Å². The van der Waals surface area contributed by atoms with Crippen LogP contribution in [0.3, 0.4) is 0 Å². The second kappa shape index (κ2) is 6.03. The van der Waals surface area contributed by atoms with Gasteiger partial charge in [-0.2, -0.15) is 0 Å². The zero-order valence-corrected chi connectivity index (χ0v) is 13.8. The normalized spacial score (nSPS) is 14.0. The van der Waals surface area contributed by atoms with E-state index >= 15 is 0 Å². The van der Waals surface area contributed by atoms with E-state index in [-0.39, 0.29) is 11.5 Å². The van der Waals surface area contributed by atoms with E-state index in [2.05, 4.69) is 37.0 Å². The van der Waals surface area contributed by atoms with Gasteiger partial charge in [-0.3, -0.25) is 9.59 Å². The highest BCUT2D eigenvalue weighted by Crippen LogP contribution is 2.25. The van der Waals surface area contributed by atoms with Crippen molar-refractivity contribution >= 4 is 5.91 Å². The van der Waals surface area contributed by atoms with Crippen molar-refractivity contribution < 1.29 is 4.79 Å². The van der Waals surface area contributed by atoms with Gasteiger partial charge in [0.25, 0.3) is 5.91 Å². The Bertz CT molecular complexity index is 805. The Labute approximate surface area is 136 Å². The first kappa shape index (κ1) is 15.5. The van der Waals surface area contributed by atoms with E-state index in [4.69, 9.17) is 0 Å². The molecule has 0 saturated carbocycles. The molecule has 1 aliphatic heterocycles. The summed E-state index contributed by atoms with van der Waals surface area (Å²) in [5.41, 5.74) is 4.94. The van der Waals surface area contributed by atoms with Crippen LogP contribution in [-0.4, -0.2) is 22.3 Å². The summed E-state index contributed by atoms with van der Waals surface area (Å²) in [4.78, 5) is 28.6. The average molecular weight is 310 g/mol. The summed E-state index contributed by atoms with van der Waals surface area (Å²) in [6, 6.07) is 9.60. The fourth-order valence-corrected chi connectivity index (χ4v) is 3.09. The third-order valence-corrected chi connectivity index (χ3v) is 4.54. The van der Waals surface area contributed by atoms with Crippen molar-refractivity contribution in [2.24, 2.45) is 0 Å². The van der Waals surface area contributed by atoms with Crippen molar-refractivity contribution in [3.05, 3.63) is 68.6 Å². The van der Waals surface area contributed by atoms with Gasteiger partial charge >= 0.3 is 0 Å². The molecule has 1 aromatic heterocycles. The molecule has 0 aliphatic carbocycles. The van der Waals surface area contributed by atoms with Crippen molar-refractivity contribution in [1.82, 2.24) is 9.88 Å². The van der Waals surface area contributed by atoms with Gasteiger partial charge in [-0.15, -0.1) is 0 Å². The first-order valence-corrected chi connectivity index (χ1v) is 8.06. The van der Waals surface area contributed by atoms with Gasteiger partial charge in [0.15, 0.2) is 0 Å². The second-order valence-electron chi connectivity index (χ2n) is 6.52. The molecule has 1 aromatic carbocycles. The Morgan fingerprint density at radius 2 is 1.96 bits per heavy atom. The zero-order chi connectivity index (χ0) is 16.6. The fraction of sp³-hybridized carbons (Fsp3) is 0.368. The van der Waals surface area contributed by atoms with Crippen molar-refractivity contribution in [3.63, 3.8) is 0 Å². The third kappa shape index (κ3) is 3.07. The van der Waals surface area contributed by atoms with Crippen molar-refractivity contribution in [1.29, 1.82) is 0 Å². The number of nitrogens with zero attached hydrogens (tertiary/aromatic N) is 1. The molecule has 0 fully saturated rings. The topological polar surface area (TPSA) is 53.2 Å². The lowest BCUT2D eigenvalue weighted by Crippen LogP contribution is -2.36. The quantitative estimate of drug-likeness (QED) is 0.927. The molecule has 4 nitrogen and oxygen atoms in total. The predicted molar refractivity (Wildman–Crippen MR) is 90.8 cm³/mol. The number of rotatable bonds is 2. The molecule has 2 aromatic rings. The van der Waals surface area contributed by atoms with Crippen molar-refractivity contribution in [2.45, 2.75) is 39.7 Å². The van der Waals surface area contributed by atoms with E-state index < -0.39 is 0 Å². The molecule has 120 valence electrons. The van der Waals surface area contributed by atoms with Crippen LogP contribution in [0.2, 0.25) is 0 Å². The summed E-state index contributed by atoms with van der Waals surface area (Å²) in [6.45, 7) is 7.50. The summed E-state index contributed by atoms with van der Waals surface area (Å²) in [5, 5.41) is 0. The van der Waals surface area contributed by atoms with Crippen LogP contribution < -0.4 is 5.56 Å².